The van der Waals surface area contributed by atoms with Gasteiger partial charge in [-0.15, -0.1) is 0 Å². The first kappa shape index (κ1) is 60.7. The first-order valence-corrected chi connectivity index (χ1v) is 24.4. The largest absolute Gasteiger partial charge is 0.444 e. The van der Waals surface area contributed by atoms with E-state index in [1.54, 1.807) is 82.6 Å². The fourth-order valence-corrected chi connectivity index (χ4v) is 7.50. The lowest BCUT2D eigenvalue weighted by Gasteiger charge is -2.19. The number of halogens is 2. The Labute approximate surface area is 401 Å². The minimum atomic E-state index is -3.48. The third-order valence-electron chi connectivity index (χ3n) is 9.31. The van der Waals surface area contributed by atoms with E-state index in [1.807, 2.05) is 33.0 Å². The van der Waals surface area contributed by atoms with Gasteiger partial charge in [0.05, 0.1) is 33.8 Å². The van der Waals surface area contributed by atoms with E-state index in [2.05, 4.69) is 21.0 Å². The lowest BCUT2D eigenvalue weighted by molar-refractivity contribution is -0.130. The molecule has 3 aromatic rings. The van der Waals surface area contributed by atoms with Gasteiger partial charge in [-0.05, 0) is 124 Å². The third kappa shape index (κ3) is 21.7. The highest BCUT2D eigenvalue weighted by Crippen LogP contribution is 2.21. The van der Waals surface area contributed by atoms with Crippen LogP contribution >= 0.6 is 0 Å². The van der Waals surface area contributed by atoms with Crippen molar-refractivity contribution in [1.82, 2.24) is 34.3 Å². The van der Waals surface area contributed by atoms with Gasteiger partial charge in [-0.3, -0.25) is 14.3 Å². The summed E-state index contributed by atoms with van der Waals surface area (Å²) in [6, 6.07) is 13.5. The highest BCUT2D eigenvalue weighted by Gasteiger charge is 2.22. The van der Waals surface area contributed by atoms with E-state index >= 15 is 0 Å². The summed E-state index contributed by atoms with van der Waals surface area (Å²) in [6.45, 7) is 17.7. The smallest absolute Gasteiger partial charge is 0.407 e. The zero-order valence-electron chi connectivity index (χ0n) is 42.0. The molecule has 0 bridgehead atoms. The van der Waals surface area contributed by atoms with Crippen LogP contribution in [0.3, 0.4) is 0 Å². The molecule has 1 heterocycles. The number of allylic oxidation sites excluding steroid dienone is 2. The maximum Gasteiger partial charge on any atom is 0.407 e. The molecule has 21 heteroatoms. The van der Waals surface area contributed by atoms with E-state index in [0.717, 1.165) is 35.0 Å². The summed E-state index contributed by atoms with van der Waals surface area (Å²) in [5, 5.41) is 12.4. The minimum Gasteiger partial charge on any atom is -0.444 e. The number of carbonyl (C=O) groups is 4. The van der Waals surface area contributed by atoms with Gasteiger partial charge in [0.25, 0.3) is 0 Å². The normalized spacial score (nSPS) is 12.5. The Morgan fingerprint density at radius 2 is 1.10 bits per heavy atom. The molecule has 68 heavy (non-hydrogen) atoms. The van der Waals surface area contributed by atoms with Gasteiger partial charge in [0, 0.05) is 71.9 Å². The van der Waals surface area contributed by atoms with E-state index in [1.165, 1.54) is 56.7 Å². The number of Topliss-reactive ketones (excluding diaryl/α,β-unsaturated/α-hetero) is 2. The number of nitrogens with zero attached hydrogens (tertiary/aromatic N) is 4. The second kappa shape index (κ2) is 27.0. The molecular weight excluding hydrogens is 925 g/mol. The Hall–Kier alpha value is -5.35. The molecule has 0 aliphatic carbocycles. The lowest BCUT2D eigenvalue weighted by Crippen LogP contribution is -2.32. The molecule has 0 saturated heterocycles. The summed E-state index contributed by atoms with van der Waals surface area (Å²) in [7, 11) is 1.10. The Bertz CT molecular complexity index is 2420. The molecule has 17 nitrogen and oxygen atoms in total. The van der Waals surface area contributed by atoms with Crippen molar-refractivity contribution >= 4 is 43.8 Å². The molecule has 3 rings (SSSR count). The van der Waals surface area contributed by atoms with Crippen LogP contribution in [0.25, 0.3) is 0 Å². The van der Waals surface area contributed by atoms with Crippen LogP contribution in [-0.4, -0.2) is 119 Å². The third-order valence-corrected chi connectivity index (χ3v) is 13.0. The molecule has 2 aromatic carbocycles. The number of alkyl carbamates (subject to hydrolysis) is 2. The Kier molecular flexibility index (Phi) is 24.1. The maximum atomic E-state index is 14.5. The van der Waals surface area contributed by atoms with E-state index < -0.39 is 55.2 Å². The van der Waals surface area contributed by atoms with E-state index in [9.17, 15) is 44.8 Å². The van der Waals surface area contributed by atoms with Crippen molar-refractivity contribution in [3.8, 4) is 0 Å². The van der Waals surface area contributed by atoms with Gasteiger partial charge in [0.2, 0.25) is 20.0 Å². The summed E-state index contributed by atoms with van der Waals surface area (Å²) in [6.07, 6.45) is 0.952. The van der Waals surface area contributed by atoms with E-state index in [4.69, 9.17) is 9.47 Å². The maximum absolute atomic E-state index is 14.5. The number of rotatable bonds is 18. The average molecular weight is 996 g/mol. The van der Waals surface area contributed by atoms with Crippen LogP contribution in [0, 0.1) is 19.8 Å². The van der Waals surface area contributed by atoms with Gasteiger partial charge in [0.15, 0.2) is 0 Å². The number of hydrogen-bond donors (Lipinski definition) is 3. The van der Waals surface area contributed by atoms with Crippen molar-refractivity contribution in [2.75, 3.05) is 48.3 Å². The predicted octanol–water partition coefficient (Wildman–Crippen LogP) is 6.92. The summed E-state index contributed by atoms with van der Waals surface area (Å²) < 4.78 is 90.1. The van der Waals surface area contributed by atoms with Crippen molar-refractivity contribution in [2.24, 2.45) is 5.92 Å². The summed E-state index contributed by atoms with van der Waals surface area (Å²) in [5.74, 6) is -2.71. The second-order valence-corrected chi connectivity index (χ2v) is 22.2. The van der Waals surface area contributed by atoms with Crippen LogP contribution in [0.1, 0.15) is 89.9 Å². The van der Waals surface area contributed by atoms with Crippen molar-refractivity contribution in [3.05, 3.63) is 100 Å². The van der Waals surface area contributed by atoms with Crippen LogP contribution in [0.5, 0.6) is 0 Å². The molecule has 0 spiro atoms. The van der Waals surface area contributed by atoms with Crippen molar-refractivity contribution in [2.45, 2.75) is 116 Å². The Balaban J connectivity index is 0.000000561. The fraction of sp³-hybridized carbons (Fsp3) is 0.511. The van der Waals surface area contributed by atoms with E-state index in [-0.39, 0.29) is 48.2 Å². The molecule has 0 saturated carbocycles. The van der Waals surface area contributed by atoms with Gasteiger partial charge in [-0.25, -0.2) is 43.8 Å². The lowest BCUT2D eigenvalue weighted by atomic mass is 9.96. The number of ketones is 2. The standard InChI is InChI=1S/C23H33FN4O4S.C14H22FNO4.C10H16N2O2S/c1-16-21(14-19(24)12-13-25-22(29)32-23(3,4)5)17(2)28(26-16)15-18-8-10-20(11-9-18)33(30,31)27(6)7;1-9(17)12(10(2)18)8-11(15)6-7-16-13(19)20-14(3,4)5;1-11-8-9-4-6-10(7-5-9)15(13,14)12(2)3/h8-12H,13-15H2,1-7H3,(H,25,29);6,12H,7-8H2,1-5H3,(H,16,19);4-7,11H,8H2,1-3H3/b19-12-;11-6-;. The number of sulfonamides is 2. The molecule has 2 amide bonds. The van der Waals surface area contributed by atoms with Gasteiger partial charge >= 0.3 is 12.2 Å². The van der Waals surface area contributed by atoms with Gasteiger partial charge in [-0.2, -0.15) is 5.10 Å². The van der Waals surface area contributed by atoms with Crippen LogP contribution in [-0.2, 0) is 58.6 Å². The van der Waals surface area contributed by atoms with Crippen LogP contribution in [0.2, 0.25) is 0 Å². The summed E-state index contributed by atoms with van der Waals surface area (Å²) >= 11 is 0. The number of hydrogen-bond acceptors (Lipinski definition) is 12. The highest BCUT2D eigenvalue weighted by atomic mass is 32.2. The molecule has 0 fully saturated rings. The number of aryl methyl sites for hydroxylation is 1. The van der Waals surface area contributed by atoms with Gasteiger partial charge in [0.1, 0.15) is 28.6 Å². The average Bonchev–Trinajstić information content (AvgIpc) is 3.46. The SMILES string of the molecule is CC(=O)C(C/C(F)=C/CNC(=O)OC(C)(C)C)C(C)=O.CNCc1ccc(S(=O)(=O)N(C)C)cc1.Cc1nn(Cc2ccc(S(=O)(=O)N(C)C)cc2)c(C)c1C/C(F)=C/CNC(=O)OC(C)(C)C. The highest BCUT2D eigenvalue weighted by molar-refractivity contribution is 7.89. The minimum absolute atomic E-state index is 0.0230. The van der Waals surface area contributed by atoms with Crippen LogP contribution in [0.15, 0.2) is 82.1 Å². The van der Waals surface area contributed by atoms with Crippen molar-refractivity contribution in [1.29, 1.82) is 0 Å². The zero-order valence-corrected chi connectivity index (χ0v) is 43.7. The molecule has 380 valence electrons. The molecule has 0 unspecified atom stereocenters. The molecule has 0 aliphatic rings. The van der Waals surface area contributed by atoms with Gasteiger partial charge in [-0.1, -0.05) is 24.3 Å². The van der Waals surface area contributed by atoms with E-state index in [0.29, 0.717) is 17.1 Å². The molecule has 3 N–H and O–H groups in total. The molecule has 0 radical (unpaired) electrons. The number of amides is 2. The molecular formula is C47H71F2N7O10S2. The molecule has 0 aliphatic heterocycles. The monoisotopic (exact) mass is 995 g/mol. The summed E-state index contributed by atoms with van der Waals surface area (Å²) in [4.78, 5) is 45.8. The number of nitrogens with one attached hydrogen (secondary N) is 3. The topological polar surface area (TPSA) is 215 Å². The number of benzene rings is 2. The fourth-order valence-electron chi connectivity index (χ4n) is 5.70. The summed E-state index contributed by atoms with van der Waals surface area (Å²) in [5.41, 5.74) is 3.01. The number of carbonyl (C=O) groups excluding carboxylic acids is 4. The zero-order chi connectivity index (χ0) is 52.4. The Morgan fingerprint density at radius 3 is 1.47 bits per heavy atom. The van der Waals surface area contributed by atoms with Crippen molar-refractivity contribution < 1.29 is 54.3 Å². The predicted molar refractivity (Wildman–Crippen MR) is 258 cm³/mol. The van der Waals surface area contributed by atoms with Crippen LogP contribution < -0.4 is 16.0 Å². The second-order valence-electron chi connectivity index (χ2n) is 17.9. The quantitative estimate of drug-likeness (QED) is 0.111. The first-order chi connectivity index (χ1) is 31.2. The van der Waals surface area contributed by atoms with Gasteiger partial charge < -0.3 is 25.4 Å². The number of ether oxygens (including phenoxy) is 2. The number of aromatic nitrogens is 2. The first-order valence-electron chi connectivity index (χ1n) is 21.6. The molecule has 1 aromatic heterocycles. The van der Waals surface area contributed by atoms with Crippen LogP contribution in [0.4, 0.5) is 18.4 Å². The Morgan fingerprint density at radius 1 is 0.706 bits per heavy atom. The molecule has 0 atom stereocenters. The van der Waals surface area contributed by atoms with Crippen molar-refractivity contribution in [3.63, 3.8) is 0 Å².